The predicted octanol–water partition coefficient (Wildman–Crippen LogP) is 5.07. The zero-order valence-electron chi connectivity index (χ0n) is 14.5. The standard InChI is InChI=1S/C22H20O3/c1-14-10-16(11-15(2)22(14)24)4-9-21(23)19-6-5-18-13-20(25-3)8-7-17(18)12-19/h4-13,24H,1-3H3/b9-4+. The first-order chi connectivity index (χ1) is 12.0. The van der Waals surface area contributed by atoms with Crippen molar-refractivity contribution in [3.63, 3.8) is 0 Å². The molecule has 0 radical (unpaired) electrons. The molecular formula is C22H20O3. The number of hydrogen-bond donors (Lipinski definition) is 1. The van der Waals surface area contributed by atoms with Crippen molar-refractivity contribution in [2.75, 3.05) is 7.11 Å². The fourth-order valence-corrected chi connectivity index (χ4v) is 2.86. The number of fused-ring (bicyclic) bond motifs is 1. The second kappa shape index (κ2) is 6.81. The van der Waals surface area contributed by atoms with E-state index in [9.17, 15) is 9.90 Å². The Balaban J connectivity index is 1.87. The normalized spacial score (nSPS) is 11.2. The van der Waals surface area contributed by atoms with Crippen LogP contribution in [0.5, 0.6) is 11.5 Å². The molecule has 3 nitrogen and oxygen atoms in total. The fourth-order valence-electron chi connectivity index (χ4n) is 2.86. The summed E-state index contributed by atoms with van der Waals surface area (Å²) in [7, 11) is 1.64. The number of aryl methyl sites for hydroxylation is 2. The number of carbonyl (C=O) groups is 1. The first kappa shape index (κ1) is 16.8. The fraction of sp³-hybridized carbons (Fsp3) is 0.136. The van der Waals surface area contributed by atoms with Crippen LogP contribution in [0.4, 0.5) is 0 Å². The van der Waals surface area contributed by atoms with Gasteiger partial charge < -0.3 is 9.84 Å². The lowest BCUT2D eigenvalue weighted by Gasteiger charge is -2.05. The highest BCUT2D eigenvalue weighted by molar-refractivity contribution is 6.08. The van der Waals surface area contributed by atoms with Crippen molar-refractivity contribution in [2.24, 2.45) is 0 Å². The summed E-state index contributed by atoms with van der Waals surface area (Å²) >= 11 is 0. The maximum Gasteiger partial charge on any atom is 0.185 e. The van der Waals surface area contributed by atoms with Gasteiger partial charge in [0.15, 0.2) is 5.78 Å². The van der Waals surface area contributed by atoms with Crippen LogP contribution < -0.4 is 4.74 Å². The molecule has 0 saturated heterocycles. The molecule has 0 aromatic heterocycles. The smallest absolute Gasteiger partial charge is 0.185 e. The lowest BCUT2D eigenvalue weighted by Crippen LogP contribution is -1.94. The number of methoxy groups -OCH3 is 1. The summed E-state index contributed by atoms with van der Waals surface area (Å²) < 4.78 is 5.22. The van der Waals surface area contributed by atoms with E-state index in [2.05, 4.69) is 0 Å². The van der Waals surface area contributed by atoms with E-state index in [1.165, 1.54) is 0 Å². The van der Waals surface area contributed by atoms with Crippen LogP contribution in [0.2, 0.25) is 0 Å². The molecule has 0 saturated carbocycles. The van der Waals surface area contributed by atoms with Crippen molar-refractivity contribution in [3.05, 3.63) is 76.9 Å². The minimum absolute atomic E-state index is 0.0545. The van der Waals surface area contributed by atoms with Gasteiger partial charge in [0.05, 0.1) is 7.11 Å². The lowest BCUT2D eigenvalue weighted by molar-refractivity contribution is 0.104. The minimum Gasteiger partial charge on any atom is -0.507 e. The summed E-state index contributed by atoms with van der Waals surface area (Å²) in [4.78, 5) is 12.5. The van der Waals surface area contributed by atoms with Crippen LogP contribution in [0.3, 0.4) is 0 Å². The summed E-state index contributed by atoms with van der Waals surface area (Å²) in [5, 5.41) is 11.9. The summed E-state index contributed by atoms with van der Waals surface area (Å²) in [6.07, 6.45) is 3.34. The number of phenols is 1. The number of rotatable bonds is 4. The number of ether oxygens (including phenoxy) is 1. The summed E-state index contributed by atoms with van der Waals surface area (Å²) in [5.41, 5.74) is 3.13. The van der Waals surface area contributed by atoms with Crippen LogP contribution in [-0.4, -0.2) is 18.0 Å². The van der Waals surface area contributed by atoms with Gasteiger partial charge in [-0.25, -0.2) is 0 Å². The Labute approximate surface area is 147 Å². The van der Waals surface area contributed by atoms with Crippen molar-refractivity contribution >= 4 is 22.6 Å². The molecule has 0 aliphatic carbocycles. The number of carbonyl (C=O) groups excluding carboxylic acids is 1. The van der Waals surface area contributed by atoms with E-state index >= 15 is 0 Å². The van der Waals surface area contributed by atoms with Gasteiger partial charge in [0.25, 0.3) is 0 Å². The monoisotopic (exact) mass is 332 g/mol. The zero-order chi connectivity index (χ0) is 18.0. The van der Waals surface area contributed by atoms with Crippen LogP contribution >= 0.6 is 0 Å². The largest absolute Gasteiger partial charge is 0.507 e. The quantitative estimate of drug-likeness (QED) is 0.536. The van der Waals surface area contributed by atoms with E-state index in [4.69, 9.17) is 4.74 Å². The average Bonchev–Trinajstić information content (AvgIpc) is 2.63. The second-order valence-corrected chi connectivity index (χ2v) is 6.13. The van der Waals surface area contributed by atoms with Gasteiger partial charge in [0, 0.05) is 5.56 Å². The van der Waals surface area contributed by atoms with E-state index in [1.54, 1.807) is 19.3 Å². The van der Waals surface area contributed by atoms with Crippen molar-refractivity contribution in [1.82, 2.24) is 0 Å². The van der Waals surface area contributed by atoms with Gasteiger partial charge in [-0.3, -0.25) is 4.79 Å². The molecule has 0 aliphatic rings. The van der Waals surface area contributed by atoms with Crippen LogP contribution in [0.25, 0.3) is 16.8 Å². The van der Waals surface area contributed by atoms with E-state index in [1.807, 2.05) is 62.4 Å². The lowest BCUT2D eigenvalue weighted by atomic mass is 10.0. The maximum absolute atomic E-state index is 12.5. The Morgan fingerprint density at radius 3 is 2.28 bits per heavy atom. The van der Waals surface area contributed by atoms with Crippen LogP contribution in [-0.2, 0) is 0 Å². The van der Waals surface area contributed by atoms with E-state index < -0.39 is 0 Å². The Morgan fingerprint density at radius 1 is 0.960 bits per heavy atom. The first-order valence-electron chi connectivity index (χ1n) is 8.08. The Morgan fingerprint density at radius 2 is 1.60 bits per heavy atom. The molecular weight excluding hydrogens is 312 g/mol. The third-order valence-electron chi connectivity index (χ3n) is 4.27. The first-order valence-corrected chi connectivity index (χ1v) is 8.08. The number of aromatic hydroxyl groups is 1. The van der Waals surface area contributed by atoms with Crippen molar-refractivity contribution in [1.29, 1.82) is 0 Å². The van der Waals surface area contributed by atoms with Crippen LogP contribution in [0.15, 0.2) is 54.6 Å². The molecule has 0 fully saturated rings. The average molecular weight is 332 g/mol. The van der Waals surface area contributed by atoms with Crippen LogP contribution in [0, 0.1) is 13.8 Å². The van der Waals surface area contributed by atoms with Crippen molar-refractivity contribution in [3.8, 4) is 11.5 Å². The highest BCUT2D eigenvalue weighted by Crippen LogP contribution is 2.24. The van der Waals surface area contributed by atoms with Crippen LogP contribution in [0.1, 0.15) is 27.0 Å². The van der Waals surface area contributed by atoms with Gasteiger partial charge in [0.1, 0.15) is 11.5 Å². The summed E-state index contributed by atoms with van der Waals surface area (Å²) in [6, 6.07) is 15.1. The van der Waals surface area contributed by atoms with Gasteiger partial charge in [0.2, 0.25) is 0 Å². The Hall–Kier alpha value is -3.07. The third-order valence-corrected chi connectivity index (χ3v) is 4.27. The molecule has 0 unspecified atom stereocenters. The van der Waals surface area contributed by atoms with Crippen molar-refractivity contribution < 1.29 is 14.6 Å². The number of phenolic OH excluding ortho intramolecular Hbond substituents is 1. The maximum atomic E-state index is 12.5. The number of ketones is 1. The summed E-state index contributed by atoms with van der Waals surface area (Å²) in [5.74, 6) is 1.04. The minimum atomic E-state index is -0.0545. The molecule has 1 N–H and O–H groups in total. The van der Waals surface area contributed by atoms with Gasteiger partial charge in [-0.15, -0.1) is 0 Å². The second-order valence-electron chi connectivity index (χ2n) is 6.13. The van der Waals surface area contributed by atoms with Gasteiger partial charge in [-0.05, 0) is 77.7 Å². The van der Waals surface area contributed by atoms with Gasteiger partial charge >= 0.3 is 0 Å². The molecule has 0 atom stereocenters. The van der Waals surface area contributed by atoms with E-state index in [0.717, 1.165) is 33.2 Å². The predicted molar refractivity (Wildman–Crippen MR) is 101 cm³/mol. The molecule has 0 spiro atoms. The summed E-state index contributed by atoms with van der Waals surface area (Å²) in [6.45, 7) is 3.69. The van der Waals surface area contributed by atoms with Crippen molar-refractivity contribution in [2.45, 2.75) is 13.8 Å². The molecule has 0 heterocycles. The molecule has 3 heteroatoms. The molecule has 3 rings (SSSR count). The number of hydrogen-bond acceptors (Lipinski definition) is 3. The molecule has 3 aromatic rings. The Kier molecular flexibility index (Phi) is 4.57. The SMILES string of the molecule is COc1ccc2cc(C(=O)/C=C/c3cc(C)c(O)c(C)c3)ccc2c1. The number of allylic oxidation sites excluding steroid dienone is 1. The van der Waals surface area contributed by atoms with Gasteiger partial charge in [-0.1, -0.05) is 24.3 Å². The molecule has 25 heavy (non-hydrogen) atoms. The highest BCUT2D eigenvalue weighted by atomic mass is 16.5. The Bertz CT molecular complexity index is 961. The highest BCUT2D eigenvalue weighted by Gasteiger charge is 2.05. The molecule has 0 bridgehead atoms. The third kappa shape index (κ3) is 3.56. The topological polar surface area (TPSA) is 46.5 Å². The molecule has 0 aliphatic heterocycles. The van der Waals surface area contributed by atoms with Gasteiger partial charge in [-0.2, -0.15) is 0 Å². The number of benzene rings is 3. The van der Waals surface area contributed by atoms with E-state index in [-0.39, 0.29) is 5.78 Å². The molecule has 126 valence electrons. The van der Waals surface area contributed by atoms with E-state index in [0.29, 0.717) is 11.3 Å². The zero-order valence-corrected chi connectivity index (χ0v) is 14.5. The molecule has 0 amide bonds. The molecule has 3 aromatic carbocycles.